The van der Waals surface area contributed by atoms with E-state index in [0.717, 1.165) is 22.6 Å². The third-order valence-electron chi connectivity index (χ3n) is 6.25. The largest absolute Gasteiger partial charge is 0.508 e. The van der Waals surface area contributed by atoms with Crippen LogP contribution in [0.4, 0.5) is 14.5 Å². The summed E-state index contributed by atoms with van der Waals surface area (Å²) in [5, 5.41) is 21.6. The molecule has 2 N–H and O–H groups in total. The molecular weight excluding hydrogens is 468 g/mol. The van der Waals surface area contributed by atoms with E-state index in [0.29, 0.717) is 22.9 Å². The zero-order valence-corrected chi connectivity index (χ0v) is 20.2. The van der Waals surface area contributed by atoms with E-state index < -0.39 is 35.1 Å². The first kappa shape index (κ1) is 24.9. The van der Waals surface area contributed by atoms with E-state index in [1.807, 2.05) is 13.8 Å². The summed E-state index contributed by atoms with van der Waals surface area (Å²) >= 11 is 0. The predicted molar refractivity (Wildman–Crippen MR) is 131 cm³/mol. The molecule has 36 heavy (non-hydrogen) atoms. The number of phenols is 1. The number of ether oxygens (including phenoxy) is 1. The Balaban J connectivity index is 2.01. The van der Waals surface area contributed by atoms with E-state index >= 15 is 0 Å². The first-order valence-electron chi connectivity index (χ1n) is 11.3. The van der Waals surface area contributed by atoms with Gasteiger partial charge in [0.15, 0.2) is 0 Å². The van der Waals surface area contributed by atoms with Gasteiger partial charge < -0.3 is 14.9 Å². The Morgan fingerprint density at radius 1 is 1.06 bits per heavy atom. The van der Waals surface area contributed by atoms with Crippen molar-refractivity contribution in [2.45, 2.75) is 32.7 Å². The molecule has 3 aromatic rings. The number of nitrogens with zero attached hydrogens (tertiary/aromatic N) is 1. The molecule has 3 aromatic carbocycles. The van der Waals surface area contributed by atoms with Crippen molar-refractivity contribution in [1.29, 1.82) is 0 Å². The van der Waals surface area contributed by atoms with Crippen LogP contribution in [0.5, 0.6) is 11.5 Å². The van der Waals surface area contributed by atoms with Crippen molar-refractivity contribution < 1.29 is 33.3 Å². The highest BCUT2D eigenvalue weighted by molar-refractivity contribution is 6.51. The van der Waals surface area contributed by atoms with Gasteiger partial charge in [-0.05, 0) is 65.9 Å². The number of amides is 1. The third kappa shape index (κ3) is 4.19. The van der Waals surface area contributed by atoms with Crippen LogP contribution >= 0.6 is 0 Å². The van der Waals surface area contributed by atoms with E-state index in [1.165, 1.54) is 25.3 Å². The number of ketones is 1. The average Bonchev–Trinajstić information content (AvgIpc) is 3.08. The Labute approximate surface area is 207 Å². The third-order valence-corrected chi connectivity index (χ3v) is 6.25. The fourth-order valence-corrected chi connectivity index (χ4v) is 4.49. The molecule has 1 aliphatic heterocycles. The summed E-state index contributed by atoms with van der Waals surface area (Å²) in [6, 6.07) is 10.5. The topological polar surface area (TPSA) is 87.1 Å². The normalized spacial score (nSPS) is 17.2. The molecule has 1 unspecified atom stereocenters. The molecule has 8 heteroatoms. The number of phenolic OH excluding ortho intramolecular Hbond substituents is 1. The minimum absolute atomic E-state index is 0.0182. The highest BCUT2D eigenvalue weighted by atomic mass is 19.1. The lowest BCUT2D eigenvalue weighted by Gasteiger charge is -2.26. The van der Waals surface area contributed by atoms with Gasteiger partial charge in [-0.15, -0.1) is 0 Å². The Hall–Kier alpha value is -4.20. The number of methoxy groups -OCH3 is 1. The quantitative estimate of drug-likeness (QED) is 0.269. The van der Waals surface area contributed by atoms with Crippen molar-refractivity contribution >= 4 is 23.1 Å². The number of rotatable bonds is 5. The number of benzene rings is 3. The Bertz CT molecular complexity index is 1410. The minimum Gasteiger partial charge on any atom is -0.508 e. The Morgan fingerprint density at radius 3 is 2.39 bits per heavy atom. The zero-order chi connectivity index (χ0) is 26.3. The summed E-state index contributed by atoms with van der Waals surface area (Å²) in [7, 11) is 1.53. The molecule has 1 fully saturated rings. The molecule has 0 bridgehead atoms. The molecule has 0 aromatic heterocycles. The summed E-state index contributed by atoms with van der Waals surface area (Å²) in [4.78, 5) is 27.4. The van der Waals surface area contributed by atoms with Crippen molar-refractivity contribution in [3.63, 3.8) is 0 Å². The van der Waals surface area contributed by atoms with Gasteiger partial charge in [0, 0.05) is 11.6 Å². The van der Waals surface area contributed by atoms with E-state index in [2.05, 4.69) is 0 Å². The van der Waals surface area contributed by atoms with E-state index in [4.69, 9.17) is 4.74 Å². The molecule has 1 atom stereocenters. The highest BCUT2D eigenvalue weighted by Crippen LogP contribution is 2.44. The van der Waals surface area contributed by atoms with Gasteiger partial charge in [-0.1, -0.05) is 26.0 Å². The van der Waals surface area contributed by atoms with E-state index in [1.54, 1.807) is 25.1 Å². The number of hydrogen-bond donors (Lipinski definition) is 2. The van der Waals surface area contributed by atoms with Crippen LogP contribution in [0.3, 0.4) is 0 Å². The predicted octanol–water partition coefficient (Wildman–Crippen LogP) is 5.74. The molecule has 0 spiro atoms. The number of Topliss-reactive ketones (excluding diaryl/α,β-unsaturated/α-hetero) is 1. The number of aromatic hydroxyl groups is 1. The van der Waals surface area contributed by atoms with Gasteiger partial charge in [0.1, 0.15) is 28.9 Å². The van der Waals surface area contributed by atoms with Gasteiger partial charge >= 0.3 is 0 Å². The summed E-state index contributed by atoms with van der Waals surface area (Å²) in [6.45, 7) is 5.61. The molecule has 6 nitrogen and oxygen atoms in total. The molecule has 0 radical (unpaired) electrons. The van der Waals surface area contributed by atoms with Gasteiger partial charge in [0.2, 0.25) is 0 Å². The molecule has 1 amide bonds. The monoisotopic (exact) mass is 493 g/mol. The maximum absolute atomic E-state index is 14.8. The molecule has 1 saturated heterocycles. The second-order valence-electron chi connectivity index (χ2n) is 8.92. The smallest absolute Gasteiger partial charge is 0.300 e. The summed E-state index contributed by atoms with van der Waals surface area (Å²) in [6.07, 6.45) is 0. The standard InChI is InChI=1S/C28H25F2NO5/c1-14(2)19-13-20(15(3)10-23(19)36-4)26(33)24-25(16-6-5-7-18(32)11-16)31(28(35)27(24)34)22-9-8-17(29)12-21(22)30/h5-14,25,32-33H,1-4H3/b26-24+. The van der Waals surface area contributed by atoms with Crippen LogP contribution in [0.1, 0.15) is 48.1 Å². The Morgan fingerprint density at radius 2 is 1.78 bits per heavy atom. The fourth-order valence-electron chi connectivity index (χ4n) is 4.49. The van der Waals surface area contributed by atoms with Crippen LogP contribution in [0, 0.1) is 18.6 Å². The molecule has 0 saturated carbocycles. The molecule has 186 valence electrons. The van der Waals surface area contributed by atoms with Gasteiger partial charge in [-0.2, -0.15) is 0 Å². The Kier molecular flexibility index (Phi) is 6.54. The van der Waals surface area contributed by atoms with Crippen LogP contribution in [-0.2, 0) is 9.59 Å². The van der Waals surface area contributed by atoms with Gasteiger partial charge in [-0.25, -0.2) is 8.78 Å². The number of hydrogen-bond acceptors (Lipinski definition) is 5. The van der Waals surface area contributed by atoms with E-state index in [-0.39, 0.29) is 28.5 Å². The molecule has 1 heterocycles. The SMILES string of the molecule is COc1cc(C)c(/C(O)=C2\C(=O)C(=O)N(c3ccc(F)cc3F)C2c2cccc(O)c2)cc1C(C)C. The van der Waals surface area contributed by atoms with E-state index in [9.17, 15) is 28.6 Å². The van der Waals surface area contributed by atoms with Crippen LogP contribution in [0.15, 0.2) is 60.2 Å². The zero-order valence-electron chi connectivity index (χ0n) is 20.2. The van der Waals surface area contributed by atoms with Crippen LogP contribution in [-0.4, -0.2) is 29.0 Å². The number of aliphatic hydroxyl groups is 1. The number of carbonyl (C=O) groups is 2. The minimum atomic E-state index is -1.28. The highest BCUT2D eigenvalue weighted by Gasteiger charge is 2.48. The van der Waals surface area contributed by atoms with Crippen LogP contribution < -0.4 is 9.64 Å². The lowest BCUT2D eigenvalue weighted by Crippen LogP contribution is -2.30. The molecule has 4 rings (SSSR count). The molecule has 0 aliphatic carbocycles. The number of aliphatic hydroxyl groups excluding tert-OH is 1. The first-order valence-corrected chi connectivity index (χ1v) is 11.3. The summed E-state index contributed by atoms with van der Waals surface area (Å²) in [5.74, 6) is -4.01. The second-order valence-corrected chi connectivity index (χ2v) is 8.92. The molecule has 1 aliphatic rings. The van der Waals surface area contributed by atoms with Gasteiger partial charge in [0.25, 0.3) is 11.7 Å². The summed E-state index contributed by atoms with van der Waals surface area (Å²) < 4.78 is 33.9. The maximum Gasteiger partial charge on any atom is 0.300 e. The first-order chi connectivity index (χ1) is 17.0. The van der Waals surface area contributed by atoms with Gasteiger partial charge in [-0.3, -0.25) is 14.5 Å². The number of anilines is 1. The van der Waals surface area contributed by atoms with Crippen molar-refractivity contribution in [3.05, 3.63) is 94.1 Å². The van der Waals surface area contributed by atoms with Crippen molar-refractivity contribution in [2.75, 3.05) is 12.0 Å². The number of aryl methyl sites for hydroxylation is 1. The van der Waals surface area contributed by atoms with Crippen molar-refractivity contribution in [3.8, 4) is 11.5 Å². The number of carbonyl (C=O) groups excluding carboxylic acids is 2. The van der Waals surface area contributed by atoms with Crippen molar-refractivity contribution in [2.24, 2.45) is 0 Å². The maximum atomic E-state index is 14.8. The van der Waals surface area contributed by atoms with Crippen LogP contribution in [0.25, 0.3) is 5.76 Å². The summed E-state index contributed by atoms with van der Waals surface area (Å²) in [5.41, 5.74) is 1.31. The lowest BCUT2D eigenvalue weighted by molar-refractivity contribution is -0.132. The van der Waals surface area contributed by atoms with Gasteiger partial charge in [0.05, 0.1) is 24.4 Å². The molecular formula is C28H25F2NO5. The second kappa shape index (κ2) is 9.45. The lowest BCUT2D eigenvalue weighted by atomic mass is 9.91. The average molecular weight is 494 g/mol. The number of halogens is 2. The van der Waals surface area contributed by atoms with Crippen LogP contribution in [0.2, 0.25) is 0 Å². The van der Waals surface area contributed by atoms with Crippen molar-refractivity contribution in [1.82, 2.24) is 0 Å². The fraction of sp³-hybridized carbons (Fsp3) is 0.214.